The number of likely N-dealkylation sites (N-methyl/N-ethyl adjacent to an activating group) is 1. The first-order chi connectivity index (χ1) is 20.4. The maximum absolute atomic E-state index is 12.7. The van der Waals surface area contributed by atoms with Crippen molar-refractivity contribution in [1.82, 2.24) is 29.5 Å². The second-order valence-corrected chi connectivity index (χ2v) is 11.9. The van der Waals surface area contributed by atoms with E-state index in [-0.39, 0.29) is 17.4 Å². The largest absolute Gasteiger partial charge is 0.490 e. The Labute approximate surface area is 247 Å². The molecule has 0 atom stereocenters. The van der Waals surface area contributed by atoms with Crippen LogP contribution in [0.5, 0.6) is 5.75 Å². The molecule has 14 heteroatoms. The molecule has 3 N–H and O–H groups in total. The van der Waals surface area contributed by atoms with Gasteiger partial charge in [0.15, 0.2) is 0 Å². The molecule has 13 nitrogen and oxygen atoms in total. The van der Waals surface area contributed by atoms with Gasteiger partial charge in [-0.1, -0.05) is 19.1 Å². The summed E-state index contributed by atoms with van der Waals surface area (Å²) in [6, 6.07) is 12.6. The van der Waals surface area contributed by atoms with Crippen molar-refractivity contribution in [3.05, 3.63) is 48.8 Å². The number of benzene rings is 2. The Bertz CT molecular complexity index is 1430. The summed E-state index contributed by atoms with van der Waals surface area (Å²) in [6.07, 6.45) is 1.37. The number of aromatic nitrogens is 3. The Hall–Kier alpha value is -3.56. The van der Waals surface area contributed by atoms with Crippen molar-refractivity contribution in [2.75, 3.05) is 94.8 Å². The fraction of sp³-hybridized carbons (Fsp3) is 0.464. The number of para-hydroxylation sites is 1. The van der Waals surface area contributed by atoms with Crippen molar-refractivity contribution < 1.29 is 17.9 Å². The number of piperazine rings is 1. The number of ether oxygens (including phenoxy) is 2. The maximum atomic E-state index is 12.7. The van der Waals surface area contributed by atoms with Gasteiger partial charge in [-0.05, 0) is 31.3 Å². The Kier molecular flexibility index (Phi) is 10.0. The minimum atomic E-state index is -3.69. The number of hydrogen-bond donors (Lipinski definition) is 3. The van der Waals surface area contributed by atoms with E-state index in [2.05, 4.69) is 58.1 Å². The molecular weight excluding hydrogens is 558 g/mol. The van der Waals surface area contributed by atoms with Crippen LogP contribution in [0.4, 0.5) is 29.0 Å². The van der Waals surface area contributed by atoms with Crippen LogP contribution in [0.25, 0.3) is 0 Å². The van der Waals surface area contributed by atoms with Gasteiger partial charge in [0, 0.05) is 64.1 Å². The van der Waals surface area contributed by atoms with Crippen LogP contribution in [-0.4, -0.2) is 112 Å². The zero-order chi connectivity index (χ0) is 29.4. The first-order valence-corrected chi connectivity index (χ1v) is 15.7. The third-order valence-corrected chi connectivity index (χ3v) is 8.76. The van der Waals surface area contributed by atoms with Crippen LogP contribution in [-0.2, 0) is 14.8 Å². The molecule has 5 rings (SSSR count). The summed E-state index contributed by atoms with van der Waals surface area (Å²) >= 11 is 0. The molecule has 226 valence electrons. The molecule has 2 saturated heterocycles. The first-order valence-electron chi connectivity index (χ1n) is 14.2. The van der Waals surface area contributed by atoms with E-state index in [4.69, 9.17) is 9.47 Å². The summed E-state index contributed by atoms with van der Waals surface area (Å²) in [6.45, 7) is 10.6. The lowest BCUT2D eigenvalue weighted by Gasteiger charge is -2.35. The fourth-order valence-corrected chi connectivity index (χ4v) is 6.07. The number of rotatable bonds is 12. The van der Waals surface area contributed by atoms with E-state index in [1.807, 2.05) is 12.1 Å². The van der Waals surface area contributed by atoms with Crippen molar-refractivity contribution in [3.63, 3.8) is 0 Å². The molecular formula is C28H39N9O4S. The van der Waals surface area contributed by atoms with Crippen LogP contribution < -0.4 is 25.0 Å². The van der Waals surface area contributed by atoms with E-state index in [0.717, 1.165) is 76.2 Å². The van der Waals surface area contributed by atoms with E-state index in [1.54, 1.807) is 25.1 Å². The first kappa shape index (κ1) is 29.9. The lowest BCUT2D eigenvalue weighted by Crippen LogP contribution is -2.44. The molecule has 2 aliphatic rings. The minimum Gasteiger partial charge on any atom is -0.490 e. The molecule has 0 amide bonds. The molecule has 42 heavy (non-hydrogen) atoms. The van der Waals surface area contributed by atoms with Gasteiger partial charge in [-0.3, -0.25) is 4.90 Å². The number of hydrogen-bond acceptors (Lipinski definition) is 12. The molecule has 2 aliphatic heterocycles. The predicted molar refractivity (Wildman–Crippen MR) is 163 cm³/mol. The molecule has 0 bridgehead atoms. The van der Waals surface area contributed by atoms with Crippen LogP contribution in [0.1, 0.15) is 6.92 Å². The van der Waals surface area contributed by atoms with Gasteiger partial charge in [0.05, 0.1) is 24.6 Å². The number of morpholine rings is 1. The summed E-state index contributed by atoms with van der Waals surface area (Å²) < 4.78 is 39.7. The van der Waals surface area contributed by atoms with E-state index < -0.39 is 10.0 Å². The Morgan fingerprint density at radius 2 is 1.69 bits per heavy atom. The van der Waals surface area contributed by atoms with Crippen molar-refractivity contribution in [1.29, 1.82) is 0 Å². The highest BCUT2D eigenvalue weighted by atomic mass is 32.2. The SMILES string of the molecule is CCNS(=O)(=O)c1ccccc1Nc1ncnc(Nc2ccc(N3CCN(C)CC3)c(OCCN3CCOCC3)c2)n1. The number of anilines is 5. The van der Waals surface area contributed by atoms with Crippen LogP contribution in [0.2, 0.25) is 0 Å². The average molecular weight is 598 g/mol. The lowest BCUT2D eigenvalue weighted by atomic mass is 10.2. The molecule has 0 unspecified atom stereocenters. The van der Waals surface area contributed by atoms with Crippen LogP contribution in [0, 0.1) is 0 Å². The summed E-state index contributed by atoms with van der Waals surface area (Å²) in [5, 5.41) is 6.27. The molecule has 3 aromatic rings. The summed E-state index contributed by atoms with van der Waals surface area (Å²) in [5.41, 5.74) is 2.19. The lowest BCUT2D eigenvalue weighted by molar-refractivity contribution is 0.0323. The van der Waals surface area contributed by atoms with Crippen molar-refractivity contribution in [3.8, 4) is 5.75 Å². The number of nitrogens with one attached hydrogen (secondary N) is 3. The van der Waals surface area contributed by atoms with E-state index >= 15 is 0 Å². The quantitative estimate of drug-likeness (QED) is 0.282. The van der Waals surface area contributed by atoms with E-state index in [1.165, 1.54) is 12.4 Å². The van der Waals surface area contributed by atoms with Gasteiger partial charge in [0.2, 0.25) is 21.9 Å². The molecule has 2 fully saturated rings. The Balaban J connectivity index is 1.32. The van der Waals surface area contributed by atoms with Crippen LogP contribution in [0.15, 0.2) is 53.7 Å². The van der Waals surface area contributed by atoms with E-state index in [9.17, 15) is 8.42 Å². The van der Waals surface area contributed by atoms with Gasteiger partial charge in [0.25, 0.3) is 0 Å². The molecule has 0 radical (unpaired) electrons. The zero-order valence-electron chi connectivity index (χ0n) is 24.1. The van der Waals surface area contributed by atoms with Crippen LogP contribution >= 0.6 is 0 Å². The van der Waals surface area contributed by atoms with Gasteiger partial charge in [-0.15, -0.1) is 0 Å². The molecule has 0 spiro atoms. The molecule has 3 heterocycles. The standard InChI is InChI=1S/C28H39N9O4S/c1-3-31-42(38,39)26-7-5-4-6-23(26)33-28-30-21-29-27(34-28)32-22-8-9-24(37-12-10-35(2)11-13-37)25(20-22)41-19-16-36-14-17-40-18-15-36/h4-9,20-21,31H,3,10-19H2,1-2H3,(H2,29,30,32,33,34). The highest BCUT2D eigenvalue weighted by molar-refractivity contribution is 7.89. The topological polar surface area (TPSA) is 137 Å². The highest BCUT2D eigenvalue weighted by Gasteiger charge is 2.20. The second kappa shape index (κ2) is 14.1. The molecule has 1 aromatic heterocycles. The zero-order valence-corrected chi connectivity index (χ0v) is 24.9. The molecule has 2 aromatic carbocycles. The van der Waals surface area contributed by atoms with Crippen molar-refractivity contribution >= 4 is 39.0 Å². The van der Waals surface area contributed by atoms with Crippen molar-refractivity contribution in [2.45, 2.75) is 11.8 Å². The average Bonchev–Trinajstić information content (AvgIpc) is 2.99. The smallest absolute Gasteiger partial charge is 0.242 e. The summed E-state index contributed by atoms with van der Waals surface area (Å²) in [7, 11) is -1.54. The maximum Gasteiger partial charge on any atom is 0.242 e. The van der Waals surface area contributed by atoms with Gasteiger partial charge in [0.1, 0.15) is 23.6 Å². The van der Waals surface area contributed by atoms with Gasteiger partial charge in [-0.2, -0.15) is 4.98 Å². The van der Waals surface area contributed by atoms with Gasteiger partial charge in [-0.25, -0.2) is 23.1 Å². The Morgan fingerprint density at radius 3 is 2.45 bits per heavy atom. The normalized spacial score (nSPS) is 16.8. The summed E-state index contributed by atoms with van der Waals surface area (Å²) in [4.78, 5) is 20.1. The third-order valence-electron chi connectivity index (χ3n) is 7.16. The van der Waals surface area contributed by atoms with E-state index in [0.29, 0.717) is 18.2 Å². The van der Waals surface area contributed by atoms with Crippen molar-refractivity contribution in [2.24, 2.45) is 0 Å². The third kappa shape index (κ3) is 7.83. The number of sulfonamides is 1. The van der Waals surface area contributed by atoms with Crippen LogP contribution in [0.3, 0.4) is 0 Å². The monoisotopic (exact) mass is 597 g/mol. The number of nitrogens with zero attached hydrogens (tertiary/aromatic N) is 6. The minimum absolute atomic E-state index is 0.111. The fourth-order valence-electron chi connectivity index (χ4n) is 4.86. The molecule has 0 aliphatic carbocycles. The Morgan fingerprint density at radius 1 is 0.952 bits per heavy atom. The van der Waals surface area contributed by atoms with Gasteiger partial charge < -0.3 is 29.9 Å². The highest BCUT2D eigenvalue weighted by Crippen LogP contribution is 2.33. The molecule has 0 saturated carbocycles. The summed E-state index contributed by atoms with van der Waals surface area (Å²) in [5.74, 6) is 1.32. The second-order valence-electron chi connectivity index (χ2n) is 10.2. The predicted octanol–water partition coefficient (Wildman–Crippen LogP) is 2.12. The van der Waals surface area contributed by atoms with Gasteiger partial charge >= 0.3 is 0 Å².